The Morgan fingerprint density at radius 2 is 2.18 bits per heavy atom. The molecule has 0 fully saturated rings. The van der Waals surface area contributed by atoms with E-state index in [1.54, 1.807) is 20.3 Å². The molecule has 0 saturated heterocycles. The summed E-state index contributed by atoms with van der Waals surface area (Å²) in [6.45, 7) is 0.317. The number of nitrogens with zero attached hydrogens (tertiary/aromatic N) is 1. The number of thioether (sulfide) groups is 1. The van der Waals surface area contributed by atoms with E-state index in [0.717, 1.165) is 9.90 Å². The summed E-state index contributed by atoms with van der Waals surface area (Å²) < 4.78 is 11.2. The van der Waals surface area contributed by atoms with Crippen molar-refractivity contribution in [3.63, 3.8) is 0 Å². The number of carbonyl (C=O) groups is 1. The molecule has 6 nitrogen and oxygen atoms in total. The van der Waals surface area contributed by atoms with E-state index in [2.05, 4.69) is 10.3 Å². The molecular weight excluding hydrogens is 322 g/mol. The lowest BCUT2D eigenvalue weighted by Gasteiger charge is -2.11. The molecule has 1 aromatic heterocycles. The summed E-state index contributed by atoms with van der Waals surface area (Å²) in [6.07, 6.45) is 1.89. The molecule has 0 saturated carbocycles. The van der Waals surface area contributed by atoms with Crippen molar-refractivity contribution >= 4 is 34.0 Å². The minimum absolute atomic E-state index is 0.266. The number of aromatic nitrogens is 1. The summed E-state index contributed by atoms with van der Waals surface area (Å²) in [6, 6.07) is 5.42. The molecule has 1 aromatic carbocycles. The number of nitrogen functional groups attached to an aromatic ring is 1. The molecule has 0 aliphatic carbocycles. The van der Waals surface area contributed by atoms with E-state index < -0.39 is 0 Å². The van der Waals surface area contributed by atoms with E-state index in [9.17, 15) is 4.79 Å². The Labute approximate surface area is 137 Å². The van der Waals surface area contributed by atoms with Crippen LogP contribution < -0.4 is 20.5 Å². The van der Waals surface area contributed by atoms with Crippen molar-refractivity contribution in [3.05, 3.63) is 29.5 Å². The number of nitrogens with two attached hydrogens (primary N) is 1. The van der Waals surface area contributed by atoms with Crippen molar-refractivity contribution in [2.75, 3.05) is 26.2 Å². The zero-order chi connectivity index (χ0) is 16.1. The number of benzene rings is 1. The number of hydrogen-bond donors (Lipinski definition) is 2. The maximum absolute atomic E-state index is 12.2. The van der Waals surface area contributed by atoms with Crippen LogP contribution in [0.25, 0.3) is 0 Å². The second-order valence-electron chi connectivity index (χ2n) is 4.26. The molecule has 0 atom stereocenters. The van der Waals surface area contributed by atoms with Gasteiger partial charge in [-0.15, -0.1) is 0 Å². The van der Waals surface area contributed by atoms with Crippen molar-refractivity contribution in [1.82, 2.24) is 10.3 Å². The largest absolute Gasteiger partial charge is 0.497 e. The number of anilines is 1. The molecule has 1 heterocycles. The molecule has 0 aliphatic rings. The first kappa shape index (κ1) is 16.4. The van der Waals surface area contributed by atoms with E-state index in [-0.39, 0.29) is 11.6 Å². The van der Waals surface area contributed by atoms with Gasteiger partial charge in [0.1, 0.15) is 16.5 Å². The highest BCUT2D eigenvalue weighted by atomic mass is 32.2. The molecule has 0 radical (unpaired) electrons. The van der Waals surface area contributed by atoms with E-state index in [4.69, 9.17) is 15.2 Å². The van der Waals surface area contributed by atoms with E-state index in [1.165, 1.54) is 23.1 Å². The quantitative estimate of drug-likeness (QED) is 0.786. The normalized spacial score (nSPS) is 10.3. The molecule has 1 amide bonds. The molecule has 2 rings (SSSR count). The first-order chi connectivity index (χ1) is 10.6. The predicted molar refractivity (Wildman–Crippen MR) is 89.0 cm³/mol. The van der Waals surface area contributed by atoms with Gasteiger partial charge in [0.15, 0.2) is 10.0 Å². The number of hydrogen-bond acceptors (Lipinski definition) is 7. The van der Waals surface area contributed by atoms with Gasteiger partial charge in [0.25, 0.3) is 5.91 Å². The molecule has 8 heteroatoms. The molecule has 0 spiro atoms. The zero-order valence-electron chi connectivity index (χ0n) is 12.5. The number of thiazole rings is 1. The van der Waals surface area contributed by atoms with E-state index in [1.807, 2.05) is 18.4 Å². The summed E-state index contributed by atoms with van der Waals surface area (Å²) in [5, 5.41) is 3.22. The lowest BCUT2D eigenvalue weighted by Crippen LogP contribution is -2.24. The first-order valence-corrected chi connectivity index (χ1v) is 8.42. The summed E-state index contributed by atoms with van der Waals surface area (Å²) in [7, 11) is 3.16. The van der Waals surface area contributed by atoms with Crippen molar-refractivity contribution < 1.29 is 14.3 Å². The van der Waals surface area contributed by atoms with Crippen molar-refractivity contribution in [2.45, 2.75) is 10.9 Å². The zero-order valence-corrected chi connectivity index (χ0v) is 14.1. The molecule has 3 N–H and O–H groups in total. The summed E-state index contributed by atoms with van der Waals surface area (Å²) in [5.74, 6) is 1.04. The number of ether oxygens (including phenoxy) is 2. The topological polar surface area (TPSA) is 86.5 Å². The van der Waals surface area contributed by atoms with Gasteiger partial charge >= 0.3 is 0 Å². The van der Waals surface area contributed by atoms with Gasteiger partial charge in [-0.2, -0.15) is 0 Å². The Balaban J connectivity index is 2.09. The number of rotatable bonds is 6. The fraction of sp³-hybridized carbons (Fsp3) is 0.286. The summed E-state index contributed by atoms with van der Waals surface area (Å²) in [5.41, 5.74) is 6.93. The third kappa shape index (κ3) is 3.63. The lowest BCUT2D eigenvalue weighted by molar-refractivity contribution is 0.0947. The average molecular weight is 339 g/mol. The van der Waals surface area contributed by atoms with Gasteiger partial charge in [-0.3, -0.25) is 4.79 Å². The Bertz CT molecular complexity index is 673. The van der Waals surface area contributed by atoms with Crippen LogP contribution in [0, 0.1) is 0 Å². The number of methoxy groups -OCH3 is 2. The van der Waals surface area contributed by atoms with Gasteiger partial charge < -0.3 is 20.5 Å². The van der Waals surface area contributed by atoms with Crippen LogP contribution in [0.2, 0.25) is 0 Å². The second kappa shape index (κ2) is 7.37. The summed E-state index contributed by atoms with van der Waals surface area (Å²) >= 11 is 2.76. The number of carbonyl (C=O) groups excluding carboxylic acids is 1. The maximum atomic E-state index is 12.2. The van der Waals surface area contributed by atoms with Gasteiger partial charge in [0.05, 0.1) is 14.2 Å². The third-order valence-electron chi connectivity index (χ3n) is 2.96. The molecule has 0 unspecified atom stereocenters. The highest BCUT2D eigenvalue weighted by molar-refractivity contribution is 8.00. The van der Waals surface area contributed by atoms with Crippen LogP contribution in [-0.4, -0.2) is 31.4 Å². The minimum Gasteiger partial charge on any atom is -0.497 e. The van der Waals surface area contributed by atoms with Gasteiger partial charge in [0.2, 0.25) is 0 Å². The summed E-state index contributed by atoms with van der Waals surface area (Å²) in [4.78, 5) is 16.4. The van der Waals surface area contributed by atoms with Gasteiger partial charge in [-0.1, -0.05) is 23.1 Å². The van der Waals surface area contributed by atoms with Crippen LogP contribution in [0.4, 0.5) is 5.00 Å². The molecule has 0 aliphatic heterocycles. The average Bonchev–Trinajstić information content (AvgIpc) is 2.93. The van der Waals surface area contributed by atoms with Crippen LogP contribution in [0.3, 0.4) is 0 Å². The van der Waals surface area contributed by atoms with Gasteiger partial charge in [-0.05, 0) is 18.4 Å². The predicted octanol–water partition coefficient (Wildman–Crippen LogP) is 2.39. The Morgan fingerprint density at radius 1 is 1.41 bits per heavy atom. The fourth-order valence-corrected chi connectivity index (χ4v) is 3.16. The lowest BCUT2D eigenvalue weighted by atomic mass is 10.2. The molecule has 118 valence electrons. The third-order valence-corrected chi connectivity index (χ3v) is 4.83. The first-order valence-electron chi connectivity index (χ1n) is 6.38. The van der Waals surface area contributed by atoms with E-state index >= 15 is 0 Å². The monoisotopic (exact) mass is 339 g/mol. The Morgan fingerprint density at radius 3 is 2.77 bits per heavy atom. The molecule has 2 aromatic rings. The number of amides is 1. The van der Waals surface area contributed by atoms with Crippen LogP contribution in [0.1, 0.15) is 16.1 Å². The van der Waals surface area contributed by atoms with Crippen LogP contribution >= 0.6 is 23.1 Å². The standard InChI is InChI=1S/C14H17N3O3S2/c1-19-9-5-4-8(10(6-9)20-2)7-16-13(18)11-12(15)22-14(17-11)21-3/h4-6H,7,15H2,1-3H3,(H,16,18). The van der Waals surface area contributed by atoms with Crippen molar-refractivity contribution in [2.24, 2.45) is 0 Å². The SMILES string of the molecule is COc1ccc(CNC(=O)c2nc(SC)sc2N)c(OC)c1. The molecular formula is C14H17N3O3S2. The van der Waals surface area contributed by atoms with Gasteiger partial charge in [-0.25, -0.2) is 4.98 Å². The van der Waals surface area contributed by atoms with Crippen LogP contribution in [0.15, 0.2) is 22.5 Å². The Kier molecular flexibility index (Phi) is 5.51. The van der Waals surface area contributed by atoms with Crippen molar-refractivity contribution in [3.8, 4) is 11.5 Å². The van der Waals surface area contributed by atoms with Gasteiger partial charge in [0, 0.05) is 18.2 Å². The van der Waals surface area contributed by atoms with E-state index in [0.29, 0.717) is 23.0 Å². The number of nitrogens with one attached hydrogen (secondary N) is 1. The fourth-order valence-electron chi connectivity index (χ4n) is 1.82. The van der Waals surface area contributed by atoms with Crippen LogP contribution in [0.5, 0.6) is 11.5 Å². The Hall–Kier alpha value is -1.93. The smallest absolute Gasteiger partial charge is 0.273 e. The molecule has 0 bridgehead atoms. The maximum Gasteiger partial charge on any atom is 0.273 e. The highest BCUT2D eigenvalue weighted by Gasteiger charge is 2.16. The van der Waals surface area contributed by atoms with Crippen LogP contribution in [-0.2, 0) is 6.54 Å². The molecule has 22 heavy (non-hydrogen) atoms. The van der Waals surface area contributed by atoms with Crippen molar-refractivity contribution in [1.29, 1.82) is 0 Å². The second-order valence-corrected chi connectivity index (χ2v) is 6.34. The highest BCUT2D eigenvalue weighted by Crippen LogP contribution is 2.28. The minimum atomic E-state index is -0.299.